The Balaban J connectivity index is 2.37. The second kappa shape index (κ2) is 6.11. The van der Waals surface area contributed by atoms with E-state index in [0.717, 1.165) is 6.54 Å². The molecule has 0 radical (unpaired) electrons. The smallest absolute Gasteiger partial charge is 0.0763 e. The van der Waals surface area contributed by atoms with Gasteiger partial charge in [-0.1, -0.05) is 15.9 Å². The zero-order valence-electron chi connectivity index (χ0n) is 8.23. The summed E-state index contributed by atoms with van der Waals surface area (Å²) in [7, 11) is 1.99. The molecule has 1 aromatic heterocycles. The first-order valence-corrected chi connectivity index (χ1v) is 5.66. The summed E-state index contributed by atoms with van der Waals surface area (Å²) in [6, 6.07) is 3.97. The summed E-state index contributed by atoms with van der Waals surface area (Å²) in [5.74, 6) is 0. The molecular weight excluding hydrogens is 244 g/mol. The van der Waals surface area contributed by atoms with E-state index >= 15 is 0 Å². The first kappa shape index (κ1) is 11.6. The molecule has 0 bridgehead atoms. The summed E-state index contributed by atoms with van der Waals surface area (Å²) in [4.78, 5) is 6.04. The van der Waals surface area contributed by atoms with Crippen LogP contribution in [0.15, 0.2) is 24.5 Å². The fourth-order valence-electron chi connectivity index (χ4n) is 1.27. The van der Waals surface area contributed by atoms with E-state index < -0.39 is 0 Å². The maximum atomic E-state index is 9.41. The highest BCUT2D eigenvalue weighted by Crippen LogP contribution is 2.02. The Bertz CT molecular complexity index is 256. The number of rotatable bonds is 5. The lowest BCUT2D eigenvalue weighted by Gasteiger charge is -2.19. The monoisotopic (exact) mass is 258 g/mol. The third kappa shape index (κ3) is 4.17. The average molecular weight is 259 g/mol. The highest BCUT2D eigenvalue weighted by molar-refractivity contribution is 9.09. The van der Waals surface area contributed by atoms with Crippen molar-refractivity contribution in [1.82, 2.24) is 9.88 Å². The van der Waals surface area contributed by atoms with E-state index in [2.05, 4.69) is 25.8 Å². The average Bonchev–Trinajstić information content (AvgIpc) is 2.19. The van der Waals surface area contributed by atoms with Gasteiger partial charge >= 0.3 is 0 Å². The topological polar surface area (TPSA) is 36.4 Å². The number of halogens is 1. The van der Waals surface area contributed by atoms with Crippen LogP contribution in [0.1, 0.15) is 5.56 Å². The molecule has 0 fully saturated rings. The SMILES string of the molecule is CN(Cc1ccncc1)CC(O)CBr. The van der Waals surface area contributed by atoms with Crippen LogP contribution in [0.5, 0.6) is 0 Å². The molecule has 0 saturated heterocycles. The minimum absolute atomic E-state index is 0.304. The van der Waals surface area contributed by atoms with Crippen LogP contribution >= 0.6 is 15.9 Å². The van der Waals surface area contributed by atoms with Gasteiger partial charge < -0.3 is 5.11 Å². The first-order valence-electron chi connectivity index (χ1n) is 4.54. The van der Waals surface area contributed by atoms with Crippen molar-refractivity contribution >= 4 is 15.9 Å². The zero-order chi connectivity index (χ0) is 10.4. The number of aliphatic hydroxyl groups excluding tert-OH is 1. The Hall–Kier alpha value is -0.450. The van der Waals surface area contributed by atoms with Crippen molar-refractivity contribution in [2.45, 2.75) is 12.6 Å². The standard InChI is InChI=1S/C10H15BrN2O/c1-13(8-10(14)6-11)7-9-2-4-12-5-3-9/h2-5,10,14H,6-8H2,1H3. The molecule has 0 saturated carbocycles. The molecule has 1 aromatic rings. The molecule has 0 aliphatic heterocycles. The van der Waals surface area contributed by atoms with Gasteiger partial charge in [0.25, 0.3) is 0 Å². The Morgan fingerprint density at radius 1 is 1.50 bits per heavy atom. The van der Waals surface area contributed by atoms with Crippen molar-refractivity contribution in [1.29, 1.82) is 0 Å². The predicted octanol–water partition coefficient (Wildman–Crippen LogP) is 1.27. The second-order valence-electron chi connectivity index (χ2n) is 3.36. The van der Waals surface area contributed by atoms with E-state index in [1.54, 1.807) is 12.4 Å². The molecule has 0 amide bonds. The van der Waals surface area contributed by atoms with Gasteiger partial charge in [0.1, 0.15) is 0 Å². The van der Waals surface area contributed by atoms with Crippen LogP contribution in [-0.4, -0.2) is 40.0 Å². The maximum Gasteiger partial charge on any atom is 0.0763 e. The van der Waals surface area contributed by atoms with Crippen molar-refractivity contribution in [2.75, 3.05) is 18.9 Å². The van der Waals surface area contributed by atoms with Crippen LogP contribution in [0.2, 0.25) is 0 Å². The molecule has 0 spiro atoms. The molecule has 0 aliphatic carbocycles. The molecule has 1 unspecified atom stereocenters. The molecule has 4 heteroatoms. The van der Waals surface area contributed by atoms with Crippen molar-refractivity contribution in [3.8, 4) is 0 Å². The van der Waals surface area contributed by atoms with Gasteiger partial charge in [0, 0.05) is 30.8 Å². The molecule has 0 aromatic carbocycles. The number of nitrogens with zero attached hydrogens (tertiary/aromatic N) is 2. The van der Waals surface area contributed by atoms with Crippen LogP contribution in [0, 0.1) is 0 Å². The fraction of sp³-hybridized carbons (Fsp3) is 0.500. The van der Waals surface area contributed by atoms with E-state index in [9.17, 15) is 5.11 Å². The van der Waals surface area contributed by atoms with Gasteiger partial charge in [0.05, 0.1) is 6.10 Å². The minimum atomic E-state index is -0.304. The summed E-state index contributed by atoms with van der Waals surface area (Å²) < 4.78 is 0. The van der Waals surface area contributed by atoms with Crippen LogP contribution in [0.3, 0.4) is 0 Å². The Labute approximate surface area is 92.9 Å². The largest absolute Gasteiger partial charge is 0.391 e. The number of hydrogen-bond acceptors (Lipinski definition) is 3. The molecule has 1 N–H and O–H groups in total. The summed E-state index contributed by atoms with van der Waals surface area (Å²) in [5, 5.41) is 10.0. The van der Waals surface area contributed by atoms with E-state index in [-0.39, 0.29) is 6.10 Å². The molecule has 0 aliphatic rings. The summed E-state index contributed by atoms with van der Waals surface area (Å²) >= 11 is 3.24. The van der Waals surface area contributed by atoms with Crippen molar-refractivity contribution in [2.24, 2.45) is 0 Å². The maximum absolute atomic E-state index is 9.41. The molecule has 1 rings (SSSR count). The van der Waals surface area contributed by atoms with Crippen LogP contribution < -0.4 is 0 Å². The zero-order valence-corrected chi connectivity index (χ0v) is 9.81. The molecule has 1 heterocycles. The summed E-state index contributed by atoms with van der Waals surface area (Å²) in [6.07, 6.45) is 3.26. The van der Waals surface area contributed by atoms with E-state index in [1.807, 2.05) is 19.2 Å². The van der Waals surface area contributed by atoms with Gasteiger partial charge in [-0.2, -0.15) is 0 Å². The molecular formula is C10H15BrN2O. The Morgan fingerprint density at radius 3 is 2.71 bits per heavy atom. The number of pyridine rings is 1. The predicted molar refractivity (Wildman–Crippen MR) is 60.4 cm³/mol. The van der Waals surface area contributed by atoms with Gasteiger partial charge in [-0.15, -0.1) is 0 Å². The Kier molecular flexibility index (Phi) is 5.07. The molecule has 14 heavy (non-hydrogen) atoms. The van der Waals surface area contributed by atoms with Crippen LogP contribution in [0.4, 0.5) is 0 Å². The fourth-order valence-corrected chi connectivity index (χ4v) is 1.48. The van der Waals surface area contributed by atoms with Crippen molar-refractivity contribution < 1.29 is 5.11 Å². The van der Waals surface area contributed by atoms with Gasteiger partial charge in [-0.25, -0.2) is 0 Å². The molecule has 78 valence electrons. The van der Waals surface area contributed by atoms with Crippen molar-refractivity contribution in [3.63, 3.8) is 0 Å². The Morgan fingerprint density at radius 2 is 2.14 bits per heavy atom. The minimum Gasteiger partial charge on any atom is -0.391 e. The number of alkyl halides is 1. The molecule has 1 atom stereocenters. The highest BCUT2D eigenvalue weighted by atomic mass is 79.9. The van der Waals surface area contributed by atoms with Gasteiger partial charge in [-0.3, -0.25) is 9.88 Å². The highest BCUT2D eigenvalue weighted by Gasteiger charge is 2.06. The van der Waals surface area contributed by atoms with Crippen molar-refractivity contribution in [3.05, 3.63) is 30.1 Å². The van der Waals surface area contributed by atoms with Gasteiger partial charge in [0.15, 0.2) is 0 Å². The quantitative estimate of drug-likeness (QED) is 0.809. The van der Waals surface area contributed by atoms with Gasteiger partial charge in [0.2, 0.25) is 0 Å². The van der Waals surface area contributed by atoms with Crippen LogP contribution in [0.25, 0.3) is 0 Å². The number of aliphatic hydroxyl groups is 1. The second-order valence-corrected chi connectivity index (χ2v) is 4.01. The van der Waals surface area contributed by atoms with Crippen LogP contribution in [-0.2, 0) is 6.54 Å². The third-order valence-corrected chi connectivity index (χ3v) is 2.65. The lowest BCUT2D eigenvalue weighted by atomic mass is 10.2. The lowest BCUT2D eigenvalue weighted by molar-refractivity contribution is 0.143. The first-order chi connectivity index (χ1) is 6.72. The third-order valence-electron chi connectivity index (χ3n) is 1.90. The normalized spacial score (nSPS) is 13.1. The lowest BCUT2D eigenvalue weighted by Crippen LogP contribution is -2.29. The van der Waals surface area contributed by atoms with E-state index in [4.69, 9.17) is 0 Å². The van der Waals surface area contributed by atoms with Gasteiger partial charge in [-0.05, 0) is 24.7 Å². The number of aromatic nitrogens is 1. The van der Waals surface area contributed by atoms with E-state index in [1.165, 1.54) is 5.56 Å². The van der Waals surface area contributed by atoms with E-state index in [0.29, 0.717) is 11.9 Å². The number of likely N-dealkylation sites (N-methyl/N-ethyl adjacent to an activating group) is 1. The molecule has 3 nitrogen and oxygen atoms in total. The summed E-state index contributed by atoms with van der Waals surface area (Å²) in [5.41, 5.74) is 1.21. The number of hydrogen-bond donors (Lipinski definition) is 1. The summed E-state index contributed by atoms with van der Waals surface area (Å²) in [6.45, 7) is 1.51.